The van der Waals surface area contributed by atoms with Crippen LogP contribution in [-0.2, 0) is 9.53 Å². The second-order valence-electron chi connectivity index (χ2n) is 3.26. The minimum atomic E-state index is -0.201. The highest BCUT2D eigenvalue weighted by atomic mass is 16.5. The Balaban J connectivity index is 2.55. The lowest BCUT2D eigenvalue weighted by atomic mass is 10.2. The predicted molar refractivity (Wildman–Crippen MR) is 58.3 cm³/mol. The van der Waals surface area contributed by atoms with Crippen LogP contribution in [0.2, 0.25) is 0 Å². The van der Waals surface area contributed by atoms with Crippen LogP contribution in [0, 0.1) is 13.8 Å². The number of H-pyrrole nitrogens is 1. The summed E-state index contributed by atoms with van der Waals surface area (Å²) in [6, 6.07) is 0. The molecule has 0 atom stereocenters. The molecular formula is C11H16N2O2. The third kappa shape index (κ3) is 3.23. The molecule has 0 radical (unpaired) electrons. The molecule has 0 aromatic carbocycles. The summed E-state index contributed by atoms with van der Waals surface area (Å²) in [6.45, 7) is 6.10. The molecule has 1 aromatic heterocycles. The van der Waals surface area contributed by atoms with E-state index in [-0.39, 0.29) is 5.97 Å². The number of esters is 1. The van der Waals surface area contributed by atoms with Gasteiger partial charge in [-0.2, -0.15) is 5.10 Å². The monoisotopic (exact) mass is 208 g/mol. The smallest absolute Gasteiger partial charge is 0.309 e. The molecule has 1 heterocycles. The van der Waals surface area contributed by atoms with Crippen molar-refractivity contribution in [3.63, 3.8) is 0 Å². The number of aromatic amines is 1. The number of nitrogens with one attached hydrogen (secondary N) is 1. The first-order valence-electron chi connectivity index (χ1n) is 4.99. The lowest BCUT2D eigenvalue weighted by molar-refractivity contribution is -0.142. The molecule has 1 N–H and O–H groups in total. The van der Waals surface area contributed by atoms with Gasteiger partial charge in [-0.15, -0.1) is 0 Å². The highest BCUT2D eigenvalue weighted by Crippen LogP contribution is 2.11. The summed E-state index contributed by atoms with van der Waals surface area (Å²) >= 11 is 0. The first-order chi connectivity index (χ1) is 7.15. The van der Waals surface area contributed by atoms with E-state index < -0.39 is 0 Å². The fraction of sp³-hybridized carbons (Fsp3) is 0.455. The average Bonchev–Trinajstić information content (AvgIpc) is 2.49. The molecule has 0 aliphatic heterocycles. The summed E-state index contributed by atoms with van der Waals surface area (Å²) in [5.74, 6) is -0.201. The van der Waals surface area contributed by atoms with E-state index in [0.29, 0.717) is 13.0 Å². The summed E-state index contributed by atoms with van der Waals surface area (Å²) in [6.07, 6.45) is 3.99. The number of carbonyl (C=O) groups is 1. The van der Waals surface area contributed by atoms with Crippen molar-refractivity contribution in [2.24, 2.45) is 0 Å². The van der Waals surface area contributed by atoms with Crippen LogP contribution in [0.1, 0.15) is 30.3 Å². The molecule has 0 aliphatic rings. The second kappa shape index (κ2) is 5.34. The molecule has 0 saturated heterocycles. The van der Waals surface area contributed by atoms with Crippen molar-refractivity contribution < 1.29 is 9.53 Å². The number of aromatic nitrogens is 2. The second-order valence-corrected chi connectivity index (χ2v) is 3.26. The molecule has 0 fully saturated rings. The largest absolute Gasteiger partial charge is 0.466 e. The molecule has 0 aliphatic carbocycles. The maximum atomic E-state index is 11.0. The predicted octanol–water partition coefficient (Wildman–Crippen LogP) is 1.99. The molecule has 0 spiro atoms. The molecule has 1 aromatic rings. The highest BCUT2D eigenvalue weighted by Gasteiger charge is 2.02. The number of hydrogen-bond donors (Lipinski definition) is 1. The van der Waals surface area contributed by atoms with Gasteiger partial charge in [0.1, 0.15) is 0 Å². The Hall–Kier alpha value is -1.58. The van der Waals surface area contributed by atoms with E-state index in [0.717, 1.165) is 17.0 Å². The zero-order chi connectivity index (χ0) is 11.3. The average molecular weight is 208 g/mol. The molecule has 1 rings (SSSR count). The van der Waals surface area contributed by atoms with Crippen LogP contribution < -0.4 is 0 Å². The van der Waals surface area contributed by atoms with E-state index in [4.69, 9.17) is 4.74 Å². The number of hydrogen-bond acceptors (Lipinski definition) is 3. The Morgan fingerprint density at radius 1 is 1.53 bits per heavy atom. The maximum absolute atomic E-state index is 11.0. The molecule has 0 amide bonds. The van der Waals surface area contributed by atoms with Crippen molar-refractivity contribution in [2.75, 3.05) is 6.61 Å². The van der Waals surface area contributed by atoms with E-state index in [2.05, 4.69) is 10.2 Å². The lowest BCUT2D eigenvalue weighted by Gasteiger charge is -1.96. The van der Waals surface area contributed by atoms with Gasteiger partial charge in [0, 0.05) is 11.3 Å². The quantitative estimate of drug-likeness (QED) is 0.770. The minimum absolute atomic E-state index is 0.201. The highest BCUT2D eigenvalue weighted by molar-refractivity contribution is 5.72. The standard InChI is InChI=1S/C11H16N2O2/c1-4-15-11(14)7-5-6-10-8(2)12-13-9(10)3/h5-6H,4,7H2,1-3H3,(H,12,13). The molecule has 0 saturated carbocycles. The molecule has 0 bridgehead atoms. The van der Waals surface area contributed by atoms with E-state index in [1.807, 2.05) is 19.9 Å². The van der Waals surface area contributed by atoms with E-state index in [1.165, 1.54) is 0 Å². The summed E-state index contributed by atoms with van der Waals surface area (Å²) in [4.78, 5) is 11.0. The molecule has 82 valence electrons. The SMILES string of the molecule is CCOC(=O)CC=Cc1c(C)n[nH]c1C. The fourth-order valence-corrected chi connectivity index (χ4v) is 1.30. The van der Waals surface area contributed by atoms with Gasteiger partial charge < -0.3 is 4.74 Å². The van der Waals surface area contributed by atoms with Gasteiger partial charge in [0.25, 0.3) is 0 Å². The topological polar surface area (TPSA) is 55.0 Å². The van der Waals surface area contributed by atoms with Gasteiger partial charge in [0.2, 0.25) is 0 Å². The van der Waals surface area contributed by atoms with Crippen LogP contribution >= 0.6 is 0 Å². The Bertz CT molecular complexity index is 347. The van der Waals surface area contributed by atoms with Gasteiger partial charge >= 0.3 is 5.97 Å². The molecule has 4 nitrogen and oxygen atoms in total. The zero-order valence-electron chi connectivity index (χ0n) is 9.33. The van der Waals surface area contributed by atoms with E-state index in [1.54, 1.807) is 13.0 Å². The van der Waals surface area contributed by atoms with Gasteiger partial charge in [0.05, 0.1) is 18.7 Å². The summed E-state index contributed by atoms with van der Waals surface area (Å²) in [5, 5.41) is 6.94. The lowest BCUT2D eigenvalue weighted by Crippen LogP contribution is -2.01. The molecule has 0 unspecified atom stereocenters. The van der Waals surface area contributed by atoms with Crippen molar-refractivity contribution in [3.05, 3.63) is 23.0 Å². The van der Waals surface area contributed by atoms with Crippen molar-refractivity contribution in [3.8, 4) is 0 Å². The first kappa shape index (κ1) is 11.5. The molecule has 15 heavy (non-hydrogen) atoms. The van der Waals surface area contributed by atoms with Crippen LogP contribution in [0.25, 0.3) is 6.08 Å². The first-order valence-corrected chi connectivity index (χ1v) is 4.99. The number of nitrogens with zero attached hydrogens (tertiary/aromatic N) is 1. The third-order valence-electron chi connectivity index (χ3n) is 2.06. The van der Waals surface area contributed by atoms with Crippen molar-refractivity contribution in [2.45, 2.75) is 27.2 Å². The van der Waals surface area contributed by atoms with Crippen LogP contribution in [0.4, 0.5) is 0 Å². The van der Waals surface area contributed by atoms with E-state index >= 15 is 0 Å². The maximum Gasteiger partial charge on any atom is 0.309 e. The van der Waals surface area contributed by atoms with Gasteiger partial charge in [0.15, 0.2) is 0 Å². The Morgan fingerprint density at radius 3 is 2.80 bits per heavy atom. The third-order valence-corrected chi connectivity index (χ3v) is 2.06. The van der Waals surface area contributed by atoms with Crippen LogP contribution in [0.15, 0.2) is 6.08 Å². The number of rotatable bonds is 4. The normalized spacial score (nSPS) is 10.9. The van der Waals surface area contributed by atoms with Gasteiger partial charge in [-0.25, -0.2) is 0 Å². The van der Waals surface area contributed by atoms with Gasteiger partial charge in [-0.1, -0.05) is 12.2 Å². The van der Waals surface area contributed by atoms with Crippen LogP contribution in [0.5, 0.6) is 0 Å². The van der Waals surface area contributed by atoms with E-state index in [9.17, 15) is 4.79 Å². The molecular weight excluding hydrogens is 192 g/mol. The Morgan fingerprint density at radius 2 is 2.27 bits per heavy atom. The fourth-order valence-electron chi connectivity index (χ4n) is 1.30. The van der Waals surface area contributed by atoms with Crippen molar-refractivity contribution in [1.82, 2.24) is 10.2 Å². The summed E-state index contributed by atoms with van der Waals surface area (Å²) in [5.41, 5.74) is 2.99. The zero-order valence-corrected chi connectivity index (χ0v) is 9.33. The van der Waals surface area contributed by atoms with Crippen molar-refractivity contribution >= 4 is 12.0 Å². The van der Waals surface area contributed by atoms with Crippen LogP contribution in [-0.4, -0.2) is 22.8 Å². The van der Waals surface area contributed by atoms with Gasteiger partial charge in [-0.3, -0.25) is 9.89 Å². The summed E-state index contributed by atoms with van der Waals surface area (Å²) < 4.78 is 4.81. The van der Waals surface area contributed by atoms with Crippen LogP contribution in [0.3, 0.4) is 0 Å². The Kier molecular flexibility index (Phi) is 4.09. The minimum Gasteiger partial charge on any atom is -0.466 e. The summed E-state index contributed by atoms with van der Waals surface area (Å²) in [7, 11) is 0. The number of ether oxygens (including phenoxy) is 1. The molecule has 4 heteroatoms. The number of carbonyl (C=O) groups excluding carboxylic acids is 1. The van der Waals surface area contributed by atoms with Crippen molar-refractivity contribution in [1.29, 1.82) is 0 Å². The number of aryl methyl sites for hydroxylation is 2. The van der Waals surface area contributed by atoms with Gasteiger partial charge in [-0.05, 0) is 20.8 Å². The Labute approximate surface area is 89.3 Å².